The van der Waals surface area contributed by atoms with Crippen LogP contribution in [-0.4, -0.2) is 10.9 Å². The Balaban J connectivity index is 1.98. The summed E-state index contributed by atoms with van der Waals surface area (Å²) in [6.07, 6.45) is 0.371. The number of pyridine rings is 1. The second kappa shape index (κ2) is 5.25. The molecule has 0 fully saturated rings. The van der Waals surface area contributed by atoms with Crippen molar-refractivity contribution in [2.45, 2.75) is 13.3 Å². The summed E-state index contributed by atoms with van der Waals surface area (Å²) in [5.41, 5.74) is 1.89. The third-order valence-corrected chi connectivity index (χ3v) is 2.36. The number of carbonyl (C=O) groups is 1. The summed E-state index contributed by atoms with van der Waals surface area (Å²) in [6.45, 7) is 1.90. The van der Waals surface area contributed by atoms with Gasteiger partial charge >= 0.3 is 0 Å². The molecule has 1 amide bonds. The van der Waals surface area contributed by atoms with E-state index in [4.69, 9.17) is 0 Å². The molecular weight excluding hydrogens is 212 g/mol. The number of rotatable bonds is 3. The Morgan fingerprint density at radius 1 is 1.12 bits per heavy atom. The van der Waals surface area contributed by atoms with Crippen LogP contribution in [0.25, 0.3) is 0 Å². The van der Waals surface area contributed by atoms with E-state index in [1.807, 2.05) is 49.4 Å². The van der Waals surface area contributed by atoms with Gasteiger partial charge in [-0.1, -0.05) is 36.4 Å². The number of aryl methyl sites for hydroxylation is 1. The third-order valence-electron chi connectivity index (χ3n) is 2.36. The zero-order chi connectivity index (χ0) is 12.1. The fraction of sp³-hybridized carbons (Fsp3) is 0.143. The highest BCUT2D eigenvalue weighted by atomic mass is 16.1. The van der Waals surface area contributed by atoms with Crippen LogP contribution < -0.4 is 5.32 Å². The summed E-state index contributed by atoms with van der Waals surface area (Å²) in [4.78, 5) is 16.0. The predicted molar refractivity (Wildman–Crippen MR) is 67.7 cm³/mol. The third kappa shape index (κ3) is 3.41. The minimum atomic E-state index is -0.0469. The lowest BCUT2D eigenvalue weighted by molar-refractivity contribution is -0.115. The fourth-order valence-electron chi connectivity index (χ4n) is 1.58. The monoisotopic (exact) mass is 226 g/mol. The predicted octanol–water partition coefficient (Wildman–Crippen LogP) is 2.57. The number of benzene rings is 1. The maximum absolute atomic E-state index is 11.7. The van der Waals surface area contributed by atoms with Crippen LogP contribution in [0.4, 0.5) is 5.82 Å². The molecule has 0 spiro atoms. The van der Waals surface area contributed by atoms with Gasteiger partial charge in [-0.25, -0.2) is 4.98 Å². The molecule has 0 atom stereocenters. The fourth-order valence-corrected chi connectivity index (χ4v) is 1.58. The highest BCUT2D eigenvalue weighted by Gasteiger charge is 2.04. The number of nitrogens with zero attached hydrogens (tertiary/aromatic N) is 1. The molecule has 2 aromatic rings. The van der Waals surface area contributed by atoms with Gasteiger partial charge < -0.3 is 5.32 Å². The van der Waals surface area contributed by atoms with Gasteiger partial charge in [0.05, 0.1) is 6.42 Å². The van der Waals surface area contributed by atoms with Crippen molar-refractivity contribution in [3.05, 3.63) is 59.8 Å². The Labute approximate surface area is 101 Å². The van der Waals surface area contributed by atoms with E-state index in [0.717, 1.165) is 11.3 Å². The Morgan fingerprint density at radius 2 is 1.88 bits per heavy atom. The van der Waals surface area contributed by atoms with Crippen molar-refractivity contribution in [3.63, 3.8) is 0 Å². The molecule has 0 bridgehead atoms. The molecule has 3 heteroatoms. The molecule has 1 aromatic heterocycles. The minimum Gasteiger partial charge on any atom is -0.310 e. The topological polar surface area (TPSA) is 42.0 Å². The molecule has 1 N–H and O–H groups in total. The molecule has 3 nitrogen and oxygen atoms in total. The smallest absolute Gasteiger partial charge is 0.229 e. The van der Waals surface area contributed by atoms with Crippen molar-refractivity contribution in [2.75, 3.05) is 5.32 Å². The van der Waals surface area contributed by atoms with E-state index < -0.39 is 0 Å². The summed E-state index contributed by atoms with van der Waals surface area (Å²) < 4.78 is 0. The van der Waals surface area contributed by atoms with Gasteiger partial charge in [0, 0.05) is 5.69 Å². The van der Waals surface area contributed by atoms with Crippen LogP contribution >= 0.6 is 0 Å². The van der Waals surface area contributed by atoms with Gasteiger partial charge in [0.1, 0.15) is 5.82 Å². The molecule has 0 saturated carbocycles. The Morgan fingerprint density at radius 3 is 2.59 bits per heavy atom. The number of aromatic nitrogens is 1. The van der Waals surface area contributed by atoms with Gasteiger partial charge in [-0.15, -0.1) is 0 Å². The Hall–Kier alpha value is -2.16. The SMILES string of the molecule is Cc1cccc(NC(=O)Cc2ccccc2)n1. The quantitative estimate of drug-likeness (QED) is 0.874. The van der Waals surface area contributed by atoms with E-state index in [2.05, 4.69) is 10.3 Å². The van der Waals surface area contributed by atoms with Crippen LogP contribution in [-0.2, 0) is 11.2 Å². The number of anilines is 1. The van der Waals surface area contributed by atoms with Crippen LogP contribution in [0, 0.1) is 6.92 Å². The zero-order valence-electron chi connectivity index (χ0n) is 9.68. The van der Waals surface area contributed by atoms with E-state index in [-0.39, 0.29) is 5.91 Å². The van der Waals surface area contributed by atoms with Gasteiger partial charge in [-0.3, -0.25) is 4.79 Å². The van der Waals surface area contributed by atoms with E-state index in [1.165, 1.54) is 0 Å². The lowest BCUT2D eigenvalue weighted by Crippen LogP contribution is -2.15. The number of amides is 1. The van der Waals surface area contributed by atoms with Crippen molar-refractivity contribution >= 4 is 11.7 Å². The molecular formula is C14H14N2O. The lowest BCUT2D eigenvalue weighted by Gasteiger charge is -2.04. The van der Waals surface area contributed by atoms with E-state index in [1.54, 1.807) is 6.07 Å². The molecule has 0 aliphatic heterocycles. The van der Waals surface area contributed by atoms with Crippen molar-refractivity contribution < 1.29 is 4.79 Å². The largest absolute Gasteiger partial charge is 0.310 e. The first-order chi connectivity index (χ1) is 8.24. The average molecular weight is 226 g/mol. The van der Waals surface area contributed by atoms with Crippen molar-refractivity contribution in [1.29, 1.82) is 0 Å². The number of hydrogen-bond donors (Lipinski definition) is 1. The standard InChI is InChI=1S/C14H14N2O/c1-11-6-5-9-13(15-11)16-14(17)10-12-7-3-2-4-8-12/h2-9H,10H2,1H3,(H,15,16,17). The van der Waals surface area contributed by atoms with E-state index in [9.17, 15) is 4.79 Å². The van der Waals surface area contributed by atoms with E-state index in [0.29, 0.717) is 12.2 Å². The summed E-state index contributed by atoms with van der Waals surface area (Å²) in [5.74, 6) is 0.556. The van der Waals surface area contributed by atoms with Crippen molar-refractivity contribution in [1.82, 2.24) is 4.98 Å². The molecule has 2 rings (SSSR count). The van der Waals surface area contributed by atoms with Crippen LogP contribution in [0.2, 0.25) is 0 Å². The first-order valence-electron chi connectivity index (χ1n) is 5.51. The van der Waals surface area contributed by atoms with Gasteiger partial charge in [0.15, 0.2) is 0 Å². The molecule has 86 valence electrons. The summed E-state index contributed by atoms with van der Waals surface area (Å²) in [5, 5.41) is 2.78. The van der Waals surface area contributed by atoms with Gasteiger partial charge in [-0.05, 0) is 24.6 Å². The van der Waals surface area contributed by atoms with Crippen LogP contribution in [0.5, 0.6) is 0 Å². The first kappa shape index (κ1) is 11.3. The number of nitrogens with one attached hydrogen (secondary N) is 1. The maximum Gasteiger partial charge on any atom is 0.229 e. The summed E-state index contributed by atoms with van der Waals surface area (Å²) in [7, 11) is 0. The molecule has 0 aliphatic rings. The van der Waals surface area contributed by atoms with Crippen molar-refractivity contribution in [3.8, 4) is 0 Å². The normalized spacial score (nSPS) is 9.94. The van der Waals surface area contributed by atoms with Gasteiger partial charge in [-0.2, -0.15) is 0 Å². The molecule has 0 radical (unpaired) electrons. The molecule has 0 aliphatic carbocycles. The number of carbonyl (C=O) groups excluding carboxylic acids is 1. The van der Waals surface area contributed by atoms with Gasteiger partial charge in [0.25, 0.3) is 0 Å². The maximum atomic E-state index is 11.7. The first-order valence-corrected chi connectivity index (χ1v) is 5.51. The lowest BCUT2D eigenvalue weighted by atomic mass is 10.1. The zero-order valence-corrected chi connectivity index (χ0v) is 9.68. The van der Waals surface area contributed by atoms with Crippen LogP contribution in [0.15, 0.2) is 48.5 Å². The second-order valence-electron chi connectivity index (χ2n) is 3.87. The molecule has 0 saturated heterocycles. The number of hydrogen-bond acceptors (Lipinski definition) is 2. The molecule has 1 heterocycles. The minimum absolute atomic E-state index is 0.0469. The van der Waals surface area contributed by atoms with Gasteiger partial charge in [0.2, 0.25) is 5.91 Å². The van der Waals surface area contributed by atoms with E-state index >= 15 is 0 Å². The highest BCUT2D eigenvalue weighted by Crippen LogP contribution is 2.06. The molecule has 0 unspecified atom stereocenters. The second-order valence-corrected chi connectivity index (χ2v) is 3.87. The average Bonchev–Trinajstić information content (AvgIpc) is 2.30. The van der Waals surface area contributed by atoms with Crippen LogP contribution in [0.3, 0.4) is 0 Å². The summed E-state index contributed by atoms with van der Waals surface area (Å²) in [6, 6.07) is 15.2. The molecule has 17 heavy (non-hydrogen) atoms. The molecule has 1 aromatic carbocycles. The Bertz CT molecular complexity index is 509. The Kier molecular flexibility index (Phi) is 3.50. The van der Waals surface area contributed by atoms with Crippen LogP contribution in [0.1, 0.15) is 11.3 Å². The highest BCUT2D eigenvalue weighted by molar-refractivity contribution is 5.91. The summed E-state index contributed by atoms with van der Waals surface area (Å²) >= 11 is 0. The van der Waals surface area contributed by atoms with Crippen molar-refractivity contribution in [2.24, 2.45) is 0 Å².